The number of hydrogen-bond acceptors (Lipinski definition) is 4. The van der Waals surface area contributed by atoms with Crippen LogP contribution in [0.15, 0.2) is 41.0 Å². The number of aromatic nitrogens is 1. The van der Waals surface area contributed by atoms with Gasteiger partial charge in [-0.2, -0.15) is 4.98 Å². The first-order chi connectivity index (χ1) is 8.25. The van der Waals surface area contributed by atoms with Gasteiger partial charge in [0.15, 0.2) is 5.69 Å². The Morgan fingerprint density at radius 3 is 2.76 bits per heavy atom. The summed E-state index contributed by atoms with van der Waals surface area (Å²) in [7, 11) is 0. The molecule has 0 saturated heterocycles. The van der Waals surface area contributed by atoms with Crippen molar-refractivity contribution < 1.29 is 9.21 Å². The topological polar surface area (TPSA) is 81.1 Å². The van der Waals surface area contributed by atoms with Crippen molar-refractivity contribution >= 4 is 11.9 Å². The van der Waals surface area contributed by atoms with Gasteiger partial charge in [-0.15, -0.1) is 0 Å². The number of rotatable bonds is 4. The molecule has 0 spiro atoms. The molecule has 0 aliphatic heterocycles. The third-order valence-electron chi connectivity index (χ3n) is 2.30. The molecular formula is C12H13N3O2. The lowest BCUT2D eigenvalue weighted by Crippen LogP contribution is -2.25. The number of carbonyl (C=O) groups is 1. The molecule has 0 radical (unpaired) electrons. The average Bonchev–Trinajstić information content (AvgIpc) is 2.77. The highest BCUT2D eigenvalue weighted by Gasteiger charge is 2.09. The lowest BCUT2D eigenvalue weighted by molar-refractivity contribution is 0.0949. The van der Waals surface area contributed by atoms with Crippen molar-refractivity contribution in [2.24, 2.45) is 0 Å². The van der Waals surface area contributed by atoms with Crippen molar-refractivity contribution in [2.75, 3.05) is 12.3 Å². The number of anilines is 1. The third-order valence-corrected chi connectivity index (χ3v) is 2.30. The van der Waals surface area contributed by atoms with Gasteiger partial charge in [-0.25, -0.2) is 0 Å². The monoisotopic (exact) mass is 231 g/mol. The number of oxazole rings is 1. The summed E-state index contributed by atoms with van der Waals surface area (Å²) in [6.07, 6.45) is 2.02. The predicted octanol–water partition coefficient (Wildman–Crippen LogP) is 1.23. The van der Waals surface area contributed by atoms with Gasteiger partial charge in [0.1, 0.15) is 6.26 Å². The van der Waals surface area contributed by atoms with Crippen molar-refractivity contribution in [3.63, 3.8) is 0 Å². The van der Waals surface area contributed by atoms with E-state index in [0.717, 1.165) is 6.42 Å². The quantitative estimate of drug-likeness (QED) is 0.829. The SMILES string of the molecule is Nc1nc(C(=O)NCCc2ccccc2)co1. The predicted molar refractivity (Wildman–Crippen MR) is 63.4 cm³/mol. The van der Waals surface area contributed by atoms with E-state index in [0.29, 0.717) is 6.54 Å². The Morgan fingerprint density at radius 1 is 1.35 bits per heavy atom. The maximum atomic E-state index is 11.6. The van der Waals surface area contributed by atoms with E-state index < -0.39 is 0 Å². The summed E-state index contributed by atoms with van der Waals surface area (Å²) >= 11 is 0. The second kappa shape index (κ2) is 5.16. The number of nitrogens with zero attached hydrogens (tertiary/aromatic N) is 1. The fourth-order valence-electron chi connectivity index (χ4n) is 1.45. The van der Waals surface area contributed by atoms with Gasteiger partial charge in [-0.05, 0) is 12.0 Å². The first-order valence-corrected chi connectivity index (χ1v) is 5.29. The molecule has 1 heterocycles. The zero-order valence-electron chi connectivity index (χ0n) is 9.22. The lowest BCUT2D eigenvalue weighted by Gasteiger charge is -2.02. The van der Waals surface area contributed by atoms with Crippen LogP contribution in [0, 0.1) is 0 Å². The Kier molecular flexibility index (Phi) is 3.40. The molecule has 2 rings (SSSR count). The van der Waals surface area contributed by atoms with Crippen LogP contribution in [0.25, 0.3) is 0 Å². The molecule has 2 aromatic rings. The van der Waals surface area contributed by atoms with Gasteiger partial charge in [0.25, 0.3) is 11.9 Å². The summed E-state index contributed by atoms with van der Waals surface area (Å²) in [5, 5.41) is 2.74. The number of carbonyl (C=O) groups excluding carboxylic acids is 1. The van der Waals surface area contributed by atoms with Crippen LogP contribution in [0.5, 0.6) is 0 Å². The van der Waals surface area contributed by atoms with E-state index in [4.69, 9.17) is 10.2 Å². The fraction of sp³-hybridized carbons (Fsp3) is 0.167. The van der Waals surface area contributed by atoms with E-state index in [1.54, 1.807) is 0 Å². The Labute approximate surface area is 98.6 Å². The van der Waals surface area contributed by atoms with Crippen LogP contribution >= 0.6 is 0 Å². The van der Waals surface area contributed by atoms with E-state index in [1.807, 2.05) is 30.3 Å². The summed E-state index contributed by atoms with van der Waals surface area (Å²) < 4.78 is 4.76. The molecule has 0 aliphatic carbocycles. The summed E-state index contributed by atoms with van der Waals surface area (Å²) in [5.41, 5.74) is 6.66. The molecule has 0 unspecified atom stereocenters. The summed E-state index contributed by atoms with van der Waals surface area (Å²) in [5.74, 6) is -0.276. The number of hydrogen-bond donors (Lipinski definition) is 2. The van der Waals surface area contributed by atoms with Gasteiger partial charge in [-0.3, -0.25) is 4.79 Å². The molecule has 1 aromatic carbocycles. The Bertz CT molecular complexity index is 493. The molecule has 88 valence electrons. The smallest absolute Gasteiger partial charge is 0.292 e. The molecule has 5 heteroatoms. The highest BCUT2D eigenvalue weighted by atomic mass is 16.4. The van der Waals surface area contributed by atoms with E-state index in [1.165, 1.54) is 11.8 Å². The van der Waals surface area contributed by atoms with Gasteiger partial charge in [0.05, 0.1) is 0 Å². The standard InChI is InChI=1S/C12H13N3O2/c13-12-15-10(8-17-12)11(16)14-7-6-9-4-2-1-3-5-9/h1-5,8H,6-7H2,(H2,13,15)(H,14,16). The minimum Gasteiger partial charge on any atom is -0.431 e. The third kappa shape index (κ3) is 3.07. The van der Waals surface area contributed by atoms with Crippen molar-refractivity contribution in [3.05, 3.63) is 47.9 Å². The lowest BCUT2D eigenvalue weighted by atomic mass is 10.1. The van der Waals surface area contributed by atoms with Crippen LogP contribution in [0.4, 0.5) is 6.01 Å². The minimum atomic E-state index is -0.276. The van der Waals surface area contributed by atoms with Crippen LogP contribution in [0.2, 0.25) is 0 Å². The number of nitrogens with two attached hydrogens (primary N) is 1. The largest absolute Gasteiger partial charge is 0.431 e. The highest BCUT2D eigenvalue weighted by molar-refractivity contribution is 5.92. The maximum Gasteiger partial charge on any atom is 0.292 e. The van der Waals surface area contributed by atoms with Crippen LogP contribution in [0.3, 0.4) is 0 Å². The van der Waals surface area contributed by atoms with Gasteiger partial charge in [-0.1, -0.05) is 30.3 Å². The Morgan fingerprint density at radius 2 is 2.12 bits per heavy atom. The van der Waals surface area contributed by atoms with Crippen molar-refractivity contribution in [1.29, 1.82) is 0 Å². The summed E-state index contributed by atoms with van der Waals surface area (Å²) in [6.45, 7) is 0.551. The molecule has 0 saturated carbocycles. The Hall–Kier alpha value is -2.30. The molecule has 1 amide bonds. The molecule has 0 fully saturated rings. The molecular weight excluding hydrogens is 218 g/mol. The maximum absolute atomic E-state index is 11.6. The fourth-order valence-corrected chi connectivity index (χ4v) is 1.45. The first-order valence-electron chi connectivity index (χ1n) is 5.29. The van der Waals surface area contributed by atoms with Crippen molar-refractivity contribution in [1.82, 2.24) is 10.3 Å². The van der Waals surface area contributed by atoms with Gasteiger partial charge >= 0.3 is 0 Å². The van der Waals surface area contributed by atoms with Crippen molar-refractivity contribution in [3.8, 4) is 0 Å². The van der Waals surface area contributed by atoms with Crippen molar-refractivity contribution in [2.45, 2.75) is 6.42 Å². The number of amides is 1. The molecule has 0 bridgehead atoms. The van der Waals surface area contributed by atoms with Crippen LogP contribution in [-0.2, 0) is 6.42 Å². The normalized spacial score (nSPS) is 10.1. The van der Waals surface area contributed by atoms with Crippen LogP contribution < -0.4 is 11.1 Å². The Balaban J connectivity index is 1.81. The first kappa shape index (κ1) is 11.2. The highest BCUT2D eigenvalue weighted by Crippen LogP contribution is 2.03. The van der Waals surface area contributed by atoms with E-state index >= 15 is 0 Å². The van der Waals surface area contributed by atoms with Gasteiger partial charge in [0, 0.05) is 6.54 Å². The summed E-state index contributed by atoms with van der Waals surface area (Å²) in [4.78, 5) is 15.3. The minimum absolute atomic E-state index is 0.00166. The number of nitrogens with one attached hydrogen (secondary N) is 1. The molecule has 0 aliphatic rings. The van der Waals surface area contributed by atoms with Gasteiger partial charge in [0.2, 0.25) is 0 Å². The van der Waals surface area contributed by atoms with E-state index in [9.17, 15) is 4.79 Å². The summed E-state index contributed by atoms with van der Waals surface area (Å²) in [6, 6.07) is 9.92. The van der Waals surface area contributed by atoms with Gasteiger partial charge < -0.3 is 15.5 Å². The molecule has 17 heavy (non-hydrogen) atoms. The number of benzene rings is 1. The average molecular weight is 231 g/mol. The molecule has 3 N–H and O–H groups in total. The molecule has 0 atom stereocenters. The molecule has 5 nitrogen and oxygen atoms in total. The van der Waals surface area contributed by atoms with Crippen LogP contribution in [0.1, 0.15) is 16.1 Å². The van der Waals surface area contributed by atoms with E-state index in [-0.39, 0.29) is 17.6 Å². The van der Waals surface area contributed by atoms with Crippen LogP contribution in [-0.4, -0.2) is 17.4 Å². The second-order valence-electron chi connectivity index (χ2n) is 3.56. The molecule has 1 aromatic heterocycles. The van der Waals surface area contributed by atoms with E-state index in [2.05, 4.69) is 10.3 Å². The zero-order chi connectivity index (χ0) is 12.1. The second-order valence-corrected chi connectivity index (χ2v) is 3.56. The number of nitrogen functional groups attached to an aromatic ring is 1. The zero-order valence-corrected chi connectivity index (χ0v) is 9.22.